The lowest BCUT2D eigenvalue weighted by Crippen LogP contribution is -2.09. The molecule has 5 heteroatoms. The number of rotatable bonds is 3. The molecule has 0 amide bonds. The molecule has 0 atom stereocenters. The largest absolute Gasteiger partial charge is 0.489 e. The van der Waals surface area contributed by atoms with Crippen LogP contribution >= 0.6 is 15.9 Å². The number of nitrogen functional groups attached to an aromatic ring is 1. The van der Waals surface area contributed by atoms with Gasteiger partial charge in [0.1, 0.15) is 11.4 Å². The van der Waals surface area contributed by atoms with Crippen molar-refractivity contribution < 1.29 is 4.74 Å². The Balaban J connectivity index is 2.42. The van der Waals surface area contributed by atoms with Gasteiger partial charge in [0, 0.05) is 6.20 Å². The van der Waals surface area contributed by atoms with Crippen LogP contribution in [0.4, 0.5) is 5.69 Å². The van der Waals surface area contributed by atoms with E-state index in [0.717, 1.165) is 10.2 Å². The number of hydrogen-bond acceptors (Lipinski definition) is 3. The number of anilines is 1. The Morgan fingerprint density at radius 1 is 1.41 bits per heavy atom. The molecular weight excluding hydrogens is 282 g/mol. The molecule has 0 bridgehead atoms. The van der Waals surface area contributed by atoms with Gasteiger partial charge in [-0.2, -0.15) is 5.10 Å². The maximum atomic E-state index is 6.07. The highest BCUT2D eigenvalue weighted by atomic mass is 79.9. The first-order chi connectivity index (χ1) is 8.08. The summed E-state index contributed by atoms with van der Waals surface area (Å²) in [6.07, 6.45) is 3.66. The second-order valence-electron chi connectivity index (χ2n) is 3.96. The lowest BCUT2D eigenvalue weighted by atomic mass is 10.2. The van der Waals surface area contributed by atoms with Gasteiger partial charge in [0.25, 0.3) is 0 Å². The zero-order valence-corrected chi connectivity index (χ0v) is 11.3. The van der Waals surface area contributed by atoms with Gasteiger partial charge in [0.05, 0.1) is 22.5 Å². The maximum Gasteiger partial charge on any atom is 0.144 e. The van der Waals surface area contributed by atoms with Crippen LogP contribution in [0.3, 0.4) is 0 Å². The Morgan fingerprint density at radius 2 is 2.18 bits per heavy atom. The van der Waals surface area contributed by atoms with Crippen LogP contribution in [0, 0.1) is 0 Å². The van der Waals surface area contributed by atoms with E-state index in [2.05, 4.69) is 21.0 Å². The van der Waals surface area contributed by atoms with Gasteiger partial charge in [-0.15, -0.1) is 0 Å². The van der Waals surface area contributed by atoms with Gasteiger partial charge in [0.2, 0.25) is 0 Å². The number of nitrogens with zero attached hydrogens (tertiary/aromatic N) is 2. The third-order valence-electron chi connectivity index (χ3n) is 2.20. The molecule has 0 saturated heterocycles. The summed E-state index contributed by atoms with van der Waals surface area (Å²) >= 11 is 3.36. The highest BCUT2D eigenvalue weighted by Gasteiger charge is 2.09. The Bertz CT molecular complexity index is 522. The first-order valence-electron chi connectivity index (χ1n) is 5.33. The third-order valence-corrected chi connectivity index (χ3v) is 2.61. The lowest BCUT2D eigenvalue weighted by molar-refractivity contribution is 0.244. The van der Waals surface area contributed by atoms with Crippen LogP contribution in [0.1, 0.15) is 13.8 Å². The fraction of sp³-hybridized carbons (Fsp3) is 0.250. The van der Waals surface area contributed by atoms with Gasteiger partial charge in [0.15, 0.2) is 0 Å². The Hall–Kier alpha value is -1.49. The van der Waals surface area contributed by atoms with Crippen molar-refractivity contribution in [2.24, 2.45) is 0 Å². The molecular formula is C12H14BrN3O. The van der Waals surface area contributed by atoms with Crippen LogP contribution in [-0.2, 0) is 0 Å². The molecule has 1 aromatic heterocycles. The minimum Gasteiger partial charge on any atom is -0.489 e. The minimum atomic E-state index is 0.0944. The van der Waals surface area contributed by atoms with E-state index in [-0.39, 0.29) is 6.10 Å². The van der Waals surface area contributed by atoms with E-state index in [1.54, 1.807) is 10.9 Å². The number of aromatic nitrogens is 2. The molecule has 0 radical (unpaired) electrons. The van der Waals surface area contributed by atoms with Crippen molar-refractivity contribution in [1.82, 2.24) is 9.78 Å². The molecule has 0 unspecified atom stereocenters. The average molecular weight is 296 g/mol. The Kier molecular flexibility index (Phi) is 3.38. The average Bonchev–Trinajstić information content (AvgIpc) is 2.67. The van der Waals surface area contributed by atoms with Gasteiger partial charge in [-0.3, -0.25) is 0 Å². The number of para-hydroxylation sites is 1. The molecule has 2 aromatic rings. The van der Waals surface area contributed by atoms with Crippen LogP contribution in [0.15, 0.2) is 35.1 Å². The predicted molar refractivity (Wildman–Crippen MR) is 71.4 cm³/mol. The molecule has 1 aromatic carbocycles. The first kappa shape index (κ1) is 12.0. The quantitative estimate of drug-likeness (QED) is 0.886. The molecule has 1 heterocycles. The van der Waals surface area contributed by atoms with Crippen molar-refractivity contribution in [3.63, 3.8) is 0 Å². The van der Waals surface area contributed by atoms with Crippen molar-refractivity contribution in [1.29, 1.82) is 0 Å². The molecule has 17 heavy (non-hydrogen) atoms. The first-order valence-corrected chi connectivity index (χ1v) is 6.13. The van der Waals surface area contributed by atoms with Gasteiger partial charge < -0.3 is 10.5 Å². The zero-order valence-electron chi connectivity index (χ0n) is 9.72. The summed E-state index contributed by atoms with van der Waals surface area (Å²) in [6, 6.07) is 5.67. The van der Waals surface area contributed by atoms with Gasteiger partial charge in [-0.05, 0) is 41.9 Å². The molecule has 2 rings (SSSR count). The second kappa shape index (κ2) is 4.79. The highest BCUT2D eigenvalue weighted by Crippen LogP contribution is 2.29. The number of benzene rings is 1. The molecule has 0 fully saturated rings. The fourth-order valence-corrected chi connectivity index (χ4v) is 1.81. The van der Waals surface area contributed by atoms with Crippen LogP contribution in [0.5, 0.6) is 5.75 Å². The Labute approximate surface area is 109 Å². The number of ether oxygens (including phenoxy) is 1. The van der Waals surface area contributed by atoms with Crippen molar-refractivity contribution in [3.05, 3.63) is 35.1 Å². The van der Waals surface area contributed by atoms with Crippen molar-refractivity contribution in [2.75, 3.05) is 5.73 Å². The standard InChI is InChI=1S/C12H14BrN3O/c1-8(2)17-11-5-3-4-10(12(11)14)16-7-9(13)6-15-16/h3-8H,14H2,1-2H3. The highest BCUT2D eigenvalue weighted by molar-refractivity contribution is 9.10. The van der Waals surface area contributed by atoms with E-state index in [4.69, 9.17) is 10.5 Å². The SMILES string of the molecule is CC(C)Oc1cccc(-n2cc(Br)cn2)c1N. The molecule has 0 saturated carbocycles. The number of halogens is 1. The summed E-state index contributed by atoms with van der Waals surface area (Å²) in [7, 11) is 0. The summed E-state index contributed by atoms with van der Waals surface area (Å²) in [6.45, 7) is 3.94. The van der Waals surface area contributed by atoms with Gasteiger partial charge in [-0.25, -0.2) is 4.68 Å². The van der Waals surface area contributed by atoms with E-state index in [9.17, 15) is 0 Å². The number of nitrogens with two attached hydrogens (primary N) is 1. The normalized spacial score (nSPS) is 10.8. The summed E-state index contributed by atoms with van der Waals surface area (Å²) in [4.78, 5) is 0. The van der Waals surface area contributed by atoms with E-state index in [1.807, 2.05) is 38.2 Å². The van der Waals surface area contributed by atoms with Crippen molar-refractivity contribution >= 4 is 21.6 Å². The summed E-state index contributed by atoms with van der Waals surface area (Å²) < 4.78 is 8.26. The molecule has 0 aliphatic rings. The third kappa shape index (κ3) is 2.61. The van der Waals surface area contributed by atoms with Crippen LogP contribution < -0.4 is 10.5 Å². The zero-order chi connectivity index (χ0) is 12.4. The smallest absolute Gasteiger partial charge is 0.144 e. The molecule has 90 valence electrons. The second-order valence-corrected chi connectivity index (χ2v) is 4.87. The summed E-state index contributed by atoms with van der Waals surface area (Å²) in [5.74, 6) is 0.684. The van der Waals surface area contributed by atoms with Crippen LogP contribution in [-0.4, -0.2) is 15.9 Å². The van der Waals surface area contributed by atoms with E-state index in [0.29, 0.717) is 11.4 Å². The van der Waals surface area contributed by atoms with Gasteiger partial charge in [-0.1, -0.05) is 6.07 Å². The maximum absolute atomic E-state index is 6.07. The van der Waals surface area contributed by atoms with Crippen LogP contribution in [0.25, 0.3) is 5.69 Å². The minimum absolute atomic E-state index is 0.0944. The monoisotopic (exact) mass is 295 g/mol. The van der Waals surface area contributed by atoms with Gasteiger partial charge >= 0.3 is 0 Å². The molecule has 4 nitrogen and oxygen atoms in total. The topological polar surface area (TPSA) is 53.1 Å². The van der Waals surface area contributed by atoms with Crippen molar-refractivity contribution in [3.8, 4) is 11.4 Å². The molecule has 2 N–H and O–H groups in total. The van der Waals surface area contributed by atoms with E-state index >= 15 is 0 Å². The van der Waals surface area contributed by atoms with E-state index in [1.165, 1.54) is 0 Å². The number of hydrogen-bond donors (Lipinski definition) is 1. The Morgan fingerprint density at radius 3 is 2.76 bits per heavy atom. The van der Waals surface area contributed by atoms with Crippen molar-refractivity contribution in [2.45, 2.75) is 20.0 Å². The molecule has 0 aliphatic carbocycles. The van der Waals surface area contributed by atoms with E-state index < -0.39 is 0 Å². The lowest BCUT2D eigenvalue weighted by Gasteiger charge is -2.14. The summed E-state index contributed by atoms with van der Waals surface area (Å²) in [5.41, 5.74) is 7.48. The predicted octanol–water partition coefficient (Wildman–Crippen LogP) is 3.00. The fourth-order valence-electron chi connectivity index (χ4n) is 1.52. The molecule has 0 aliphatic heterocycles. The summed E-state index contributed by atoms with van der Waals surface area (Å²) in [5, 5.41) is 4.20. The van der Waals surface area contributed by atoms with Crippen LogP contribution in [0.2, 0.25) is 0 Å². The molecule has 0 spiro atoms.